The number of benzene rings is 2. The molecular weight excluding hydrogens is 701 g/mol. The van der Waals surface area contributed by atoms with Gasteiger partial charge in [-0.05, 0) is 0 Å². The van der Waals surface area contributed by atoms with E-state index in [1.165, 1.54) is 33.6 Å². The number of para-hydroxylation sites is 2. The Kier molecular flexibility index (Phi) is 15.7. The number of carboxylic acid groups (broad SMARTS) is 2. The van der Waals surface area contributed by atoms with Gasteiger partial charge in [0, 0.05) is 0 Å². The molecule has 1 heterocycles. The van der Waals surface area contributed by atoms with Gasteiger partial charge in [-0.3, -0.25) is 0 Å². The van der Waals surface area contributed by atoms with Gasteiger partial charge in [0.25, 0.3) is 0 Å². The molecule has 0 saturated carbocycles. The van der Waals surface area contributed by atoms with Gasteiger partial charge in [-0.1, -0.05) is 0 Å². The van der Waals surface area contributed by atoms with Gasteiger partial charge in [0.15, 0.2) is 0 Å². The summed E-state index contributed by atoms with van der Waals surface area (Å²) in [5.74, 6) is -3.68. The molecule has 7 nitrogen and oxygen atoms in total. The maximum Gasteiger partial charge on any atom is 0.490 e. The van der Waals surface area contributed by atoms with Gasteiger partial charge in [-0.25, -0.2) is 9.59 Å². The molecule has 2 aromatic carbocycles. The van der Waals surface area contributed by atoms with Crippen LogP contribution in [-0.4, -0.2) is 49.1 Å². The van der Waals surface area contributed by atoms with Crippen molar-refractivity contribution in [1.29, 1.82) is 0 Å². The van der Waals surface area contributed by atoms with Crippen LogP contribution in [0.1, 0.15) is 101 Å². The van der Waals surface area contributed by atoms with Crippen LogP contribution in [-0.2, 0) is 28.3 Å². The van der Waals surface area contributed by atoms with E-state index in [0.29, 0.717) is 23.7 Å². The van der Waals surface area contributed by atoms with E-state index in [1.807, 2.05) is 0 Å². The van der Waals surface area contributed by atoms with E-state index in [0.717, 1.165) is 3.89 Å². The Morgan fingerprint density at radius 3 is 0.956 bits per heavy atom. The Hall–Kier alpha value is -3.21. The zero-order valence-electron chi connectivity index (χ0n) is 26.1. The average Bonchev–Trinajstić information content (AvgIpc) is 3.27. The van der Waals surface area contributed by atoms with Crippen molar-refractivity contribution in [3.8, 4) is 11.4 Å². The molecule has 0 saturated heterocycles. The largest absolute Gasteiger partial charge is 0.490 e. The van der Waals surface area contributed by atoms with Gasteiger partial charge in [0.05, 0.1) is 0 Å². The van der Waals surface area contributed by atoms with E-state index in [-0.39, 0.29) is 5.48 Å². The Morgan fingerprint density at radius 2 is 0.800 bits per heavy atom. The van der Waals surface area contributed by atoms with Crippen molar-refractivity contribution >= 4 is 11.9 Å². The first kappa shape index (κ1) is 41.8. The van der Waals surface area contributed by atoms with Crippen molar-refractivity contribution in [2.45, 2.75) is 91.4 Å². The predicted molar refractivity (Wildman–Crippen MR) is 156 cm³/mol. The van der Waals surface area contributed by atoms with Crippen molar-refractivity contribution in [3.05, 3.63) is 74.9 Å². The van der Waals surface area contributed by atoms with Gasteiger partial charge >= 0.3 is 218 Å². The number of rotatable bonds is 6. The second kappa shape index (κ2) is 16.9. The predicted octanol–water partition coefficient (Wildman–Crippen LogP) is 8.28. The molecule has 0 unspecified atom stereocenters. The number of hydrogen-bond donors (Lipinski definition) is 2. The number of carbonyl (C=O) groups is 2. The second-order valence-electron chi connectivity index (χ2n) is 11.1. The zero-order valence-corrected chi connectivity index (χ0v) is 27.7. The van der Waals surface area contributed by atoms with Gasteiger partial charge < -0.3 is 15.7 Å². The molecule has 0 aliphatic heterocycles. The summed E-state index contributed by atoms with van der Waals surface area (Å²) in [6.45, 7) is 18.2. The Bertz CT molecular complexity index is 1330. The summed E-state index contributed by atoms with van der Waals surface area (Å²) >= 11 is 3.64. The molecule has 256 valence electrons. The summed E-state index contributed by atoms with van der Waals surface area (Å²) in [5.41, 5.74) is 8.18. The quantitative estimate of drug-likeness (QED) is 0.196. The second-order valence-corrected chi connectivity index (χ2v) is 11.8. The van der Waals surface area contributed by atoms with Crippen LogP contribution in [0.25, 0.3) is 11.4 Å². The maximum absolute atomic E-state index is 10.6. The fourth-order valence-electron chi connectivity index (χ4n) is 4.26. The summed E-state index contributed by atoms with van der Waals surface area (Å²) in [6.07, 6.45) is -5.73. The van der Waals surface area contributed by atoms with E-state index in [1.54, 1.807) is 0 Å². The molecule has 0 radical (unpaired) electrons. The van der Waals surface area contributed by atoms with Gasteiger partial charge in [0.2, 0.25) is 0 Å². The van der Waals surface area contributed by atoms with E-state index < -0.39 is 24.3 Å². The van der Waals surface area contributed by atoms with Crippen LogP contribution in [0.5, 0.6) is 0 Å². The zero-order chi connectivity index (χ0) is 34.3. The first-order valence-corrected chi connectivity index (χ1v) is 14.4. The van der Waals surface area contributed by atoms with Gasteiger partial charge in [0.1, 0.15) is 0 Å². The molecule has 0 spiro atoms. The minimum atomic E-state index is -5.08. The van der Waals surface area contributed by atoms with Crippen LogP contribution in [0.2, 0.25) is 0 Å². The number of aliphatic carboxylic acids is 2. The summed E-state index contributed by atoms with van der Waals surface area (Å²) in [7, 11) is 0. The molecular formula is C31H40F6N2O5Pd. The minimum Gasteiger partial charge on any atom is -0.475 e. The van der Waals surface area contributed by atoms with E-state index in [4.69, 9.17) is 19.8 Å². The third kappa shape index (κ3) is 11.3. The number of alkyl halides is 6. The van der Waals surface area contributed by atoms with Crippen molar-refractivity contribution in [1.82, 2.24) is 9.13 Å². The topological polar surface area (TPSA) is 116 Å². The SMILES string of the molecule is CC(C)c1cccc(C(C)C)c1-n1ccn(-c2c(C(C)C)cccc2C(C)C)[c]1=[Pd].O.O=C(O)C(F)(F)F.O=C(O)C(F)(F)F. The summed E-state index contributed by atoms with van der Waals surface area (Å²) < 4.78 is 69.3. The summed E-state index contributed by atoms with van der Waals surface area (Å²) in [6, 6.07) is 13.5. The number of aromatic nitrogens is 2. The molecule has 4 N–H and O–H groups in total. The third-order valence-corrected chi connectivity index (χ3v) is 7.13. The van der Waals surface area contributed by atoms with Crippen LogP contribution in [0, 0.1) is 3.89 Å². The molecule has 3 rings (SSSR count). The Labute approximate surface area is 268 Å². The number of hydrogen-bond acceptors (Lipinski definition) is 2. The summed E-state index contributed by atoms with van der Waals surface area (Å²) in [5, 5.41) is 14.2. The van der Waals surface area contributed by atoms with Crippen LogP contribution in [0.3, 0.4) is 0 Å². The number of carboxylic acids is 2. The van der Waals surface area contributed by atoms with E-state index in [2.05, 4.69) is 132 Å². The monoisotopic (exact) mass is 740 g/mol. The molecule has 0 atom stereocenters. The van der Waals surface area contributed by atoms with Gasteiger partial charge in [-0.15, -0.1) is 0 Å². The van der Waals surface area contributed by atoms with Crippen molar-refractivity contribution in [3.63, 3.8) is 0 Å². The molecule has 45 heavy (non-hydrogen) atoms. The van der Waals surface area contributed by atoms with Crippen LogP contribution in [0.4, 0.5) is 26.3 Å². The van der Waals surface area contributed by atoms with Crippen molar-refractivity contribution < 1.29 is 70.4 Å². The molecule has 0 aliphatic rings. The fourth-order valence-corrected chi connectivity index (χ4v) is 4.84. The average molecular weight is 741 g/mol. The molecule has 14 heteroatoms. The molecule has 0 fully saturated rings. The van der Waals surface area contributed by atoms with E-state index in [9.17, 15) is 26.3 Å². The van der Waals surface area contributed by atoms with Gasteiger partial charge in [-0.2, -0.15) is 26.3 Å². The number of nitrogens with zero attached hydrogens (tertiary/aromatic N) is 2. The first-order chi connectivity index (χ1) is 20.0. The fraction of sp³-hybridized carbons (Fsp3) is 0.452. The molecule has 0 bridgehead atoms. The van der Waals surface area contributed by atoms with Crippen LogP contribution in [0.15, 0.2) is 48.8 Å². The van der Waals surface area contributed by atoms with Crippen LogP contribution >= 0.6 is 0 Å². The summed E-state index contributed by atoms with van der Waals surface area (Å²) in [4.78, 5) is 17.8. The minimum absolute atomic E-state index is 0. The first-order valence-electron chi connectivity index (χ1n) is 13.7. The number of imidazole rings is 1. The third-order valence-electron chi connectivity index (χ3n) is 6.38. The normalized spacial score (nSPS) is 11.6. The maximum atomic E-state index is 10.6. The molecule has 3 aromatic rings. The van der Waals surface area contributed by atoms with Crippen LogP contribution < -0.4 is 0 Å². The Balaban J connectivity index is 0.00000108. The Morgan fingerprint density at radius 1 is 0.600 bits per heavy atom. The number of halogens is 6. The smallest absolute Gasteiger partial charge is 0.475 e. The van der Waals surface area contributed by atoms with Crippen molar-refractivity contribution in [2.75, 3.05) is 0 Å². The van der Waals surface area contributed by atoms with E-state index >= 15 is 0 Å². The molecule has 1 aromatic heterocycles. The standard InChI is InChI=1S/C27H36N2.2C2HF3O2.H2O.Pd/c1-18(2)22-11-9-12-23(19(3)4)26(22)28-15-16-29(17-28)27-24(20(5)6)13-10-14-25(27)21(7)8;2*3-2(4,5)1(6)7;;/h9-16,18-21H,1-8H3;2*(H,6,7);1H2;. The molecule has 0 amide bonds. The van der Waals surface area contributed by atoms with Crippen molar-refractivity contribution in [2.24, 2.45) is 0 Å². The molecule has 0 aliphatic carbocycles.